The van der Waals surface area contributed by atoms with Crippen LogP contribution in [0.2, 0.25) is 0 Å². The van der Waals surface area contributed by atoms with Crippen molar-refractivity contribution in [2.75, 3.05) is 27.3 Å². The lowest BCUT2D eigenvalue weighted by atomic mass is 10.0. The summed E-state index contributed by atoms with van der Waals surface area (Å²) in [6, 6.07) is 34.7. The van der Waals surface area contributed by atoms with Gasteiger partial charge in [0.15, 0.2) is 0 Å². The number of aromatic nitrogens is 2. The number of nitrogens with one attached hydrogen (secondary N) is 5. The molecule has 0 fully saturated rings. The molecule has 4 aromatic carbocycles. The molecule has 2 heterocycles. The second-order valence-corrected chi connectivity index (χ2v) is 20.4. The maximum absolute atomic E-state index is 13.4. The SMILES string of the molecule is Cc1cc(-c2cc(N)cc(NC(=O)[C@H](Cc3ccccc3)NC(=O)OC(C)(C)C)c2)ccn1.Cc1cc(-c2cc(NC(=O)[C@H](Cc3ccccc3)NC(=O)OC(C)(C)C)cc(NS(C)(=O)=O)c2)ccn1. The standard InChI is InChI=1S/C27H32N4O5S.C26H30N4O3/c1-18-13-20(11-12-28-18)21-15-22(17-23(16-21)31-37(5,34)35)29-25(32)24(14-19-9-7-6-8-10-19)30-26(33)36-27(2,3)4;1-17-12-19(10-11-28-17)20-14-21(27)16-22(15-20)29-24(31)23(13-18-8-6-5-7-9-18)30-25(32)33-26(2,3)4/h6-13,15-17,24,31H,14H2,1-5H3,(H,29,32)(H,30,33);5-12,14-16,23H,13,27H2,1-4H3,(H,29,31)(H,30,32)/t24-;23-/m00/s1. The van der Waals surface area contributed by atoms with E-state index in [2.05, 4.69) is 36.0 Å². The van der Waals surface area contributed by atoms with Crippen LogP contribution in [0.15, 0.2) is 134 Å². The van der Waals surface area contributed by atoms with Crippen LogP contribution < -0.4 is 31.7 Å². The highest BCUT2D eigenvalue weighted by Gasteiger charge is 2.27. The van der Waals surface area contributed by atoms with Gasteiger partial charge in [0.1, 0.15) is 23.3 Å². The van der Waals surface area contributed by atoms with Gasteiger partial charge in [-0.2, -0.15) is 0 Å². The van der Waals surface area contributed by atoms with Crippen LogP contribution in [0.5, 0.6) is 0 Å². The van der Waals surface area contributed by atoms with E-state index < -0.39 is 51.4 Å². The van der Waals surface area contributed by atoms with Gasteiger partial charge in [-0.05, 0) is 149 Å². The lowest BCUT2D eigenvalue weighted by Crippen LogP contribution is -2.47. The first kappa shape index (κ1) is 53.2. The van der Waals surface area contributed by atoms with Crippen molar-refractivity contribution < 1.29 is 37.1 Å². The van der Waals surface area contributed by atoms with E-state index in [1.165, 1.54) is 6.07 Å². The molecule has 7 N–H and O–H groups in total. The zero-order valence-corrected chi connectivity index (χ0v) is 41.7. The van der Waals surface area contributed by atoms with Crippen LogP contribution in [0.25, 0.3) is 22.3 Å². The number of nitrogens with zero attached hydrogens (tertiary/aromatic N) is 2. The van der Waals surface area contributed by atoms with E-state index in [9.17, 15) is 27.6 Å². The van der Waals surface area contributed by atoms with Gasteiger partial charge in [-0.25, -0.2) is 18.0 Å². The third-order valence-corrected chi connectivity index (χ3v) is 10.4. The van der Waals surface area contributed by atoms with Crippen molar-refractivity contribution in [1.82, 2.24) is 20.6 Å². The van der Waals surface area contributed by atoms with Gasteiger partial charge in [0.2, 0.25) is 21.8 Å². The number of carbonyl (C=O) groups excluding carboxylic acids is 4. The number of sulfonamides is 1. The topological polar surface area (TPSA) is 233 Å². The third kappa shape index (κ3) is 18.4. The van der Waals surface area contributed by atoms with Gasteiger partial charge in [0.25, 0.3) is 0 Å². The molecular weight excluding hydrogens is 909 g/mol. The number of hydrogen-bond acceptors (Lipinski definition) is 11. The predicted octanol–water partition coefficient (Wildman–Crippen LogP) is 9.22. The van der Waals surface area contributed by atoms with Crippen LogP contribution in [0.4, 0.5) is 32.3 Å². The number of alkyl carbamates (subject to hydrolysis) is 2. The molecule has 0 spiro atoms. The number of nitrogen functional groups attached to an aromatic ring is 1. The highest BCUT2D eigenvalue weighted by atomic mass is 32.2. The fraction of sp³-hybridized carbons (Fsp3) is 0.283. The summed E-state index contributed by atoms with van der Waals surface area (Å²) in [5, 5.41) is 11.1. The first-order valence-corrected chi connectivity index (χ1v) is 24.3. The van der Waals surface area contributed by atoms with E-state index in [-0.39, 0.29) is 18.0 Å². The molecule has 0 bridgehead atoms. The highest BCUT2D eigenvalue weighted by Crippen LogP contribution is 2.29. The van der Waals surface area contributed by atoms with Crippen LogP contribution in [-0.2, 0) is 41.9 Å². The zero-order chi connectivity index (χ0) is 51.2. The Morgan fingerprint density at radius 2 is 0.957 bits per heavy atom. The third-order valence-electron chi connectivity index (χ3n) is 9.77. The fourth-order valence-corrected chi connectivity index (χ4v) is 7.50. The van der Waals surface area contributed by atoms with Crippen LogP contribution in [0.3, 0.4) is 0 Å². The summed E-state index contributed by atoms with van der Waals surface area (Å²) in [6.07, 6.45) is 3.60. The maximum atomic E-state index is 13.4. The lowest BCUT2D eigenvalue weighted by Gasteiger charge is -2.23. The number of pyridine rings is 2. The molecule has 0 saturated heterocycles. The molecule has 0 aliphatic carbocycles. The number of nitrogens with two attached hydrogens (primary N) is 1. The molecule has 4 amide bonds. The number of anilines is 4. The van der Waals surface area contributed by atoms with Crippen LogP contribution in [0, 0.1) is 13.8 Å². The van der Waals surface area contributed by atoms with Crippen molar-refractivity contribution in [2.45, 2.75) is 91.5 Å². The number of aryl methyl sites for hydroxylation is 2. The quantitative estimate of drug-likeness (QED) is 0.0563. The summed E-state index contributed by atoms with van der Waals surface area (Å²) in [6.45, 7) is 14.3. The first-order chi connectivity index (χ1) is 32.9. The van der Waals surface area contributed by atoms with E-state index in [0.717, 1.165) is 45.5 Å². The molecule has 16 nitrogen and oxygen atoms in total. The smallest absolute Gasteiger partial charge is 0.408 e. The molecule has 368 valence electrons. The molecule has 0 unspecified atom stereocenters. The Labute approximate surface area is 410 Å². The fourth-order valence-electron chi connectivity index (χ4n) is 6.96. The minimum Gasteiger partial charge on any atom is -0.444 e. The molecule has 6 aromatic rings. The Kier molecular flexibility index (Phi) is 17.8. The van der Waals surface area contributed by atoms with Gasteiger partial charge < -0.3 is 36.5 Å². The Morgan fingerprint density at radius 1 is 0.557 bits per heavy atom. The lowest BCUT2D eigenvalue weighted by molar-refractivity contribution is -0.118. The molecular formula is C53H62N8O8S. The average Bonchev–Trinajstić information content (AvgIpc) is 3.25. The van der Waals surface area contributed by atoms with Crippen molar-refractivity contribution in [3.05, 3.63) is 156 Å². The minimum atomic E-state index is -3.57. The molecule has 2 aromatic heterocycles. The van der Waals surface area contributed by atoms with Crippen molar-refractivity contribution in [3.8, 4) is 22.3 Å². The Bertz CT molecular complexity index is 2890. The predicted molar refractivity (Wildman–Crippen MR) is 276 cm³/mol. The Hall–Kier alpha value is -7.79. The number of ether oxygens (including phenoxy) is 2. The maximum Gasteiger partial charge on any atom is 0.408 e. The molecule has 0 radical (unpaired) electrons. The molecule has 0 aliphatic rings. The van der Waals surface area contributed by atoms with Crippen LogP contribution in [-0.4, -0.2) is 71.9 Å². The number of carbonyl (C=O) groups is 4. The summed E-state index contributed by atoms with van der Waals surface area (Å²) in [7, 11) is -3.57. The van der Waals surface area contributed by atoms with Crippen molar-refractivity contribution in [1.29, 1.82) is 0 Å². The van der Waals surface area contributed by atoms with E-state index in [1.807, 2.05) is 105 Å². The normalized spacial score (nSPS) is 12.2. The average molecular weight is 971 g/mol. The summed E-state index contributed by atoms with van der Waals surface area (Å²) in [4.78, 5) is 59.9. The Balaban J connectivity index is 0.000000262. The molecule has 0 aliphatic heterocycles. The Morgan fingerprint density at radius 3 is 1.36 bits per heavy atom. The molecule has 2 atom stereocenters. The summed E-state index contributed by atoms with van der Waals surface area (Å²) in [5.41, 5.74) is 13.1. The largest absolute Gasteiger partial charge is 0.444 e. The monoisotopic (exact) mass is 970 g/mol. The molecule has 17 heteroatoms. The van der Waals surface area contributed by atoms with Gasteiger partial charge >= 0.3 is 12.2 Å². The van der Waals surface area contributed by atoms with Crippen LogP contribution >= 0.6 is 0 Å². The van der Waals surface area contributed by atoms with E-state index in [1.54, 1.807) is 78.2 Å². The number of rotatable bonds is 14. The van der Waals surface area contributed by atoms with Gasteiger partial charge in [-0.15, -0.1) is 0 Å². The van der Waals surface area contributed by atoms with Gasteiger partial charge in [-0.3, -0.25) is 24.3 Å². The van der Waals surface area contributed by atoms with E-state index in [0.29, 0.717) is 29.0 Å². The molecule has 6 rings (SSSR count). The van der Waals surface area contributed by atoms with Gasteiger partial charge in [0, 0.05) is 53.7 Å². The second kappa shape index (κ2) is 23.5. The second-order valence-electron chi connectivity index (χ2n) is 18.6. The number of hydrogen-bond donors (Lipinski definition) is 6. The van der Waals surface area contributed by atoms with Gasteiger partial charge in [-0.1, -0.05) is 60.7 Å². The van der Waals surface area contributed by atoms with Crippen molar-refractivity contribution in [2.24, 2.45) is 0 Å². The highest BCUT2D eigenvalue weighted by molar-refractivity contribution is 7.92. The van der Waals surface area contributed by atoms with E-state index >= 15 is 0 Å². The van der Waals surface area contributed by atoms with Crippen molar-refractivity contribution in [3.63, 3.8) is 0 Å². The minimum absolute atomic E-state index is 0.226. The zero-order valence-electron chi connectivity index (χ0n) is 40.9. The summed E-state index contributed by atoms with van der Waals surface area (Å²) >= 11 is 0. The van der Waals surface area contributed by atoms with Gasteiger partial charge in [0.05, 0.1) is 11.9 Å². The summed E-state index contributed by atoms with van der Waals surface area (Å²) < 4.78 is 37.0. The first-order valence-electron chi connectivity index (χ1n) is 22.4. The molecule has 0 saturated carbocycles. The van der Waals surface area contributed by atoms with Crippen LogP contribution in [0.1, 0.15) is 64.1 Å². The number of benzene rings is 4. The van der Waals surface area contributed by atoms with Crippen molar-refractivity contribution >= 4 is 56.8 Å². The molecule has 70 heavy (non-hydrogen) atoms. The van der Waals surface area contributed by atoms with E-state index in [4.69, 9.17) is 15.2 Å². The summed E-state index contributed by atoms with van der Waals surface area (Å²) in [5.74, 6) is -0.852. The number of amides is 4.